The number of H-pyrrole nitrogens is 1. The van der Waals surface area contributed by atoms with Crippen molar-refractivity contribution in [3.05, 3.63) is 82.9 Å². The van der Waals surface area contributed by atoms with Gasteiger partial charge in [-0.2, -0.15) is 0 Å². The van der Waals surface area contributed by atoms with Gasteiger partial charge in [0, 0.05) is 16.8 Å². The second kappa shape index (κ2) is 11.0. The summed E-state index contributed by atoms with van der Waals surface area (Å²) in [4.78, 5) is 14.1. The maximum atomic E-state index is 13.0. The summed E-state index contributed by atoms with van der Waals surface area (Å²) in [6, 6.07) is 15.0. The molecule has 0 fully saturated rings. The molecule has 0 spiro atoms. The molecule has 2 aromatic carbocycles. The highest BCUT2D eigenvalue weighted by molar-refractivity contribution is 7.99. The van der Waals surface area contributed by atoms with E-state index in [1.165, 1.54) is 34.4 Å². The van der Waals surface area contributed by atoms with Crippen molar-refractivity contribution < 1.29 is 4.39 Å². The van der Waals surface area contributed by atoms with Crippen LogP contribution in [0.4, 0.5) is 4.39 Å². The van der Waals surface area contributed by atoms with Gasteiger partial charge in [-0.25, -0.2) is 9.37 Å². The molecule has 0 bridgehead atoms. The Kier molecular flexibility index (Phi) is 7.87. The highest BCUT2D eigenvalue weighted by Crippen LogP contribution is 2.31. The molecule has 166 valence electrons. The lowest BCUT2D eigenvalue weighted by Gasteiger charge is -2.13. The Morgan fingerprint density at radius 3 is 2.56 bits per heavy atom. The fourth-order valence-electron chi connectivity index (χ4n) is 3.69. The van der Waals surface area contributed by atoms with E-state index < -0.39 is 0 Å². The highest BCUT2D eigenvalue weighted by Gasteiger charge is 2.11. The van der Waals surface area contributed by atoms with Crippen LogP contribution in [0, 0.1) is 19.7 Å². The molecule has 0 atom stereocenters. The van der Waals surface area contributed by atoms with Crippen LogP contribution in [-0.2, 0) is 12.2 Å². The molecule has 0 aliphatic carbocycles. The Balaban J connectivity index is 1.27. The summed E-state index contributed by atoms with van der Waals surface area (Å²) in [7, 11) is 0. The Labute approximate surface area is 197 Å². The minimum Gasteiger partial charge on any atom is -0.333 e. The molecule has 4 aromatic rings. The van der Waals surface area contributed by atoms with E-state index >= 15 is 0 Å². The fourth-order valence-corrected chi connectivity index (χ4v) is 5.77. The van der Waals surface area contributed by atoms with E-state index in [1.54, 1.807) is 23.9 Å². The van der Waals surface area contributed by atoms with E-state index in [0.29, 0.717) is 0 Å². The number of benzene rings is 2. The maximum absolute atomic E-state index is 13.0. The largest absolute Gasteiger partial charge is 0.333 e. The number of hydrogen-bond donors (Lipinski definition) is 1. The number of nitrogens with one attached hydrogen (secondary N) is 1. The smallest absolute Gasteiger partial charge is 0.166 e. The number of unbranched alkanes of at least 4 members (excludes halogenated alkanes) is 2. The third kappa shape index (κ3) is 5.93. The first-order valence-corrected chi connectivity index (χ1v) is 13.0. The van der Waals surface area contributed by atoms with Gasteiger partial charge in [0.05, 0.1) is 16.7 Å². The summed E-state index contributed by atoms with van der Waals surface area (Å²) < 4.78 is 13.0. The monoisotopic (exact) mass is 465 g/mol. The topological polar surface area (TPSA) is 41.6 Å². The van der Waals surface area contributed by atoms with Crippen molar-refractivity contribution in [2.24, 2.45) is 0 Å². The number of aromatic amines is 1. The molecule has 0 unspecified atom stereocenters. The van der Waals surface area contributed by atoms with Crippen LogP contribution < -0.4 is 0 Å². The van der Waals surface area contributed by atoms with Crippen molar-refractivity contribution in [3.63, 3.8) is 0 Å². The SMILES string of the molecule is Cc1cnc(CSc2nc3ccccc3[nH]2)c(C)c1SCCCCCc1ccc(F)cc1. The summed E-state index contributed by atoms with van der Waals surface area (Å²) in [5, 5.41) is 0.934. The van der Waals surface area contributed by atoms with E-state index in [1.807, 2.05) is 48.3 Å². The molecule has 0 saturated carbocycles. The van der Waals surface area contributed by atoms with Gasteiger partial charge in [0.1, 0.15) is 5.82 Å². The van der Waals surface area contributed by atoms with Crippen molar-refractivity contribution in [3.8, 4) is 0 Å². The summed E-state index contributed by atoms with van der Waals surface area (Å²) >= 11 is 3.64. The van der Waals surface area contributed by atoms with Crippen LogP contribution >= 0.6 is 23.5 Å². The Morgan fingerprint density at radius 2 is 1.75 bits per heavy atom. The van der Waals surface area contributed by atoms with Crippen LogP contribution in [0.5, 0.6) is 0 Å². The first kappa shape index (κ1) is 22.9. The van der Waals surface area contributed by atoms with E-state index in [4.69, 9.17) is 4.98 Å². The zero-order valence-corrected chi connectivity index (χ0v) is 20.2. The number of imidazole rings is 1. The van der Waals surface area contributed by atoms with Gasteiger partial charge >= 0.3 is 0 Å². The molecule has 2 heterocycles. The Hall–Kier alpha value is -2.31. The molecular formula is C26H28FN3S2. The number of halogens is 1. The number of rotatable bonds is 10. The van der Waals surface area contributed by atoms with Crippen LogP contribution in [0.15, 0.2) is 64.8 Å². The molecule has 0 amide bonds. The standard InChI is InChI=1S/C26H28FN3S2/c1-18-16-28-24(17-32-26-29-22-9-5-6-10-23(22)30-26)19(2)25(18)31-15-7-3-4-8-20-11-13-21(27)14-12-20/h5-6,9-14,16H,3-4,7-8,15,17H2,1-2H3,(H,29,30). The van der Waals surface area contributed by atoms with E-state index in [-0.39, 0.29) is 5.82 Å². The molecule has 0 saturated heterocycles. The molecule has 4 rings (SSSR count). The number of pyridine rings is 1. The van der Waals surface area contributed by atoms with Crippen molar-refractivity contribution in [2.45, 2.75) is 55.3 Å². The molecule has 32 heavy (non-hydrogen) atoms. The van der Waals surface area contributed by atoms with Gasteiger partial charge in [-0.15, -0.1) is 11.8 Å². The molecule has 2 aromatic heterocycles. The van der Waals surface area contributed by atoms with Crippen molar-refractivity contribution in [2.75, 3.05) is 5.75 Å². The minimum atomic E-state index is -0.163. The van der Waals surface area contributed by atoms with Gasteiger partial charge in [-0.3, -0.25) is 4.98 Å². The quantitative estimate of drug-likeness (QED) is 0.194. The van der Waals surface area contributed by atoms with Gasteiger partial charge in [-0.1, -0.05) is 42.4 Å². The van der Waals surface area contributed by atoms with Gasteiger partial charge in [0.2, 0.25) is 0 Å². The van der Waals surface area contributed by atoms with Crippen LogP contribution in [-0.4, -0.2) is 20.7 Å². The Bertz CT molecular complexity index is 1140. The minimum absolute atomic E-state index is 0.163. The second-order valence-corrected chi connectivity index (χ2v) is 10.0. The van der Waals surface area contributed by atoms with Gasteiger partial charge in [-0.05, 0) is 79.8 Å². The predicted octanol–water partition coefficient (Wildman–Crippen LogP) is 7.51. The molecule has 1 N–H and O–H groups in total. The van der Waals surface area contributed by atoms with E-state index in [2.05, 4.69) is 29.9 Å². The third-order valence-corrected chi connectivity index (χ3v) is 7.82. The average Bonchev–Trinajstić information content (AvgIpc) is 3.21. The van der Waals surface area contributed by atoms with Gasteiger partial charge in [0.25, 0.3) is 0 Å². The fraction of sp³-hybridized carbons (Fsp3) is 0.308. The summed E-state index contributed by atoms with van der Waals surface area (Å²) in [5.41, 5.74) is 6.94. The van der Waals surface area contributed by atoms with Crippen molar-refractivity contribution >= 4 is 34.6 Å². The lowest BCUT2D eigenvalue weighted by molar-refractivity contribution is 0.626. The zero-order valence-electron chi connectivity index (χ0n) is 18.5. The first-order valence-electron chi connectivity index (χ1n) is 11.0. The van der Waals surface area contributed by atoms with Crippen LogP contribution in [0.2, 0.25) is 0 Å². The lowest BCUT2D eigenvalue weighted by atomic mass is 10.1. The molecule has 0 aliphatic heterocycles. The van der Waals surface area contributed by atoms with Crippen LogP contribution in [0.1, 0.15) is 41.6 Å². The Morgan fingerprint density at radius 1 is 0.938 bits per heavy atom. The third-order valence-electron chi connectivity index (χ3n) is 5.53. The average molecular weight is 466 g/mol. The maximum Gasteiger partial charge on any atom is 0.166 e. The molecule has 3 nitrogen and oxygen atoms in total. The number of nitrogens with zero attached hydrogens (tertiary/aromatic N) is 2. The normalized spacial score (nSPS) is 11.3. The predicted molar refractivity (Wildman–Crippen MR) is 134 cm³/mol. The van der Waals surface area contributed by atoms with Crippen molar-refractivity contribution in [1.82, 2.24) is 15.0 Å². The van der Waals surface area contributed by atoms with E-state index in [0.717, 1.165) is 46.2 Å². The molecule has 6 heteroatoms. The van der Waals surface area contributed by atoms with E-state index in [9.17, 15) is 4.39 Å². The van der Waals surface area contributed by atoms with Crippen LogP contribution in [0.3, 0.4) is 0 Å². The zero-order chi connectivity index (χ0) is 22.3. The van der Waals surface area contributed by atoms with Gasteiger partial charge < -0.3 is 4.98 Å². The number of hydrogen-bond acceptors (Lipinski definition) is 4. The molecule has 0 aliphatic rings. The second-order valence-electron chi connectivity index (χ2n) is 7.98. The number of fused-ring (bicyclic) bond motifs is 1. The summed E-state index contributed by atoms with van der Waals surface area (Å²) in [6.45, 7) is 4.33. The highest BCUT2D eigenvalue weighted by atomic mass is 32.2. The number of thioether (sulfide) groups is 2. The number of aromatic nitrogens is 3. The summed E-state index contributed by atoms with van der Waals surface area (Å²) in [6.07, 6.45) is 6.51. The summed E-state index contributed by atoms with van der Waals surface area (Å²) in [5.74, 6) is 1.74. The lowest BCUT2D eigenvalue weighted by Crippen LogP contribution is -1.98. The first-order chi connectivity index (χ1) is 15.6. The van der Waals surface area contributed by atoms with Crippen LogP contribution in [0.25, 0.3) is 11.0 Å². The number of aryl methyl sites for hydroxylation is 2. The van der Waals surface area contributed by atoms with Crippen molar-refractivity contribution in [1.29, 1.82) is 0 Å². The van der Waals surface area contributed by atoms with Gasteiger partial charge in [0.15, 0.2) is 5.16 Å². The molecular weight excluding hydrogens is 437 g/mol. The number of para-hydroxylation sites is 2. The molecule has 0 radical (unpaired) electrons.